The molecule has 0 spiro atoms. The van der Waals surface area contributed by atoms with Crippen LogP contribution < -0.4 is 16.0 Å². The molecule has 2 atom stereocenters. The molecule has 0 radical (unpaired) electrons. The van der Waals surface area contributed by atoms with Crippen molar-refractivity contribution < 1.29 is 33.0 Å². The van der Waals surface area contributed by atoms with Gasteiger partial charge in [-0.2, -0.15) is 12.6 Å². The van der Waals surface area contributed by atoms with Gasteiger partial charge in [0.15, 0.2) is 0 Å². The van der Waals surface area contributed by atoms with Crippen molar-refractivity contribution in [1.82, 2.24) is 20.5 Å². The van der Waals surface area contributed by atoms with Gasteiger partial charge in [0.25, 0.3) is 0 Å². The summed E-state index contributed by atoms with van der Waals surface area (Å²) < 4.78 is 36.8. The molecule has 0 bridgehead atoms. The zero-order valence-electron chi connectivity index (χ0n) is 29.0. The van der Waals surface area contributed by atoms with Crippen LogP contribution in [0.3, 0.4) is 0 Å². The van der Waals surface area contributed by atoms with E-state index >= 15 is 0 Å². The van der Waals surface area contributed by atoms with Gasteiger partial charge in [-0.1, -0.05) is 64.2 Å². The summed E-state index contributed by atoms with van der Waals surface area (Å²) in [6, 6.07) is 16.3. The van der Waals surface area contributed by atoms with Crippen LogP contribution in [0.15, 0.2) is 60.8 Å². The van der Waals surface area contributed by atoms with E-state index in [0.717, 1.165) is 35.5 Å². The molecule has 3 rings (SSSR count). The number of carboxylic acid groups (broad SMARTS) is 1. The number of hydrogen-bond donors (Lipinski definition) is 5. The Morgan fingerprint density at radius 3 is 2.37 bits per heavy atom. The number of aromatic nitrogens is 1. The van der Waals surface area contributed by atoms with Gasteiger partial charge >= 0.3 is 12.1 Å². The number of halogens is 2. The highest BCUT2D eigenvalue weighted by Gasteiger charge is 2.36. The Balaban J connectivity index is 1.59. The fourth-order valence-corrected chi connectivity index (χ4v) is 8.67. The lowest BCUT2D eigenvalue weighted by atomic mass is 9.79. The standard InChI is InChI=1S/C36H50F2N4O5SSi/c1-36(2,3)29(32-18-26(28-19-27(37)12-13-30(28)38)22-42(32)21-25-10-7-6-8-11-25)24-49(4,5)17-16-47-35(46)40-15-9-14-39-33(43)20-41-31(23-48)34(44)45/h6-8,10-13,18-19,22,29,31,41,48H,9,14-17,20-21,23-24H2,1-5H3,(H,39,43)(H,40,46)(H,44,45)/t29-,31-/m0/s1. The minimum absolute atomic E-state index is 0.0651. The number of hydrogen-bond acceptors (Lipinski definition) is 6. The van der Waals surface area contributed by atoms with Crippen molar-refractivity contribution in [3.8, 4) is 11.1 Å². The van der Waals surface area contributed by atoms with Gasteiger partial charge in [-0.15, -0.1) is 0 Å². The van der Waals surface area contributed by atoms with Gasteiger partial charge in [-0.25, -0.2) is 13.6 Å². The molecule has 0 aliphatic rings. The number of carbonyl (C=O) groups is 3. The summed E-state index contributed by atoms with van der Waals surface area (Å²) in [4.78, 5) is 35.3. The second-order valence-electron chi connectivity index (χ2n) is 14.1. The number of carboxylic acids is 1. The highest BCUT2D eigenvalue weighted by Crippen LogP contribution is 2.44. The highest BCUT2D eigenvalue weighted by molar-refractivity contribution is 7.80. The molecule has 1 heterocycles. The summed E-state index contributed by atoms with van der Waals surface area (Å²) in [6.07, 6.45) is 1.87. The Bertz CT molecular complexity index is 1550. The number of amides is 2. The summed E-state index contributed by atoms with van der Waals surface area (Å²) in [5, 5.41) is 17.0. The SMILES string of the molecule is CC(C)(C)[C@@H](C[Si](C)(C)CCOC(=O)NCCCNC(=O)CN[C@@H](CS)C(=O)O)c1cc(-c2cc(F)ccc2F)cn1Cc1ccccc1. The molecule has 0 saturated carbocycles. The zero-order chi connectivity index (χ0) is 36.2. The van der Waals surface area contributed by atoms with Crippen molar-refractivity contribution in [3.63, 3.8) is 0 Å². The smallest absolute Gasteiger partial charge is 0.407 e. The van der Waals surface area contributed by atoms with Gasteiger partial charge in [0, 0.05) is 54.3 Å². The number of thiol groups is 1. The normalized spacial score (nSPS) is 13.1. The highest BCUT2D eigenvalue weighted by atomic mass is 32.1. The first kappa shape index (κ1) is 39.8. The van der Waals surface area contributed by atoms with E-state index in [4.69, 9.17) is 9.84 Å². The lowest BCUT2D eigenvalue weighted by Gasteiger charge is -2.37. The van der Waals surface area contributed by atoms with Crippen LogP contribution >= 0.6 is 12.6 Å². The molecule has 13 heteroatoms. The minimum atomic E-state index is -1.96. The Kier molecular flexibility index (Phi) is 14.9. The number of nitrogens with zero attached hydrogens (tertiary/aromatic N) is 1. The largest absolute Gasteiger partial charge is 0.480 e. The molecule has 49 heavy (non-hydrogen) atoms. The summed E-state index contributed by atoms with van der Waals surface area (Å²) in [5.41, 5.74) is 2.87. The van der Waals surface area contributed by atoms with Crippen molar-refractivity contribution in [2.24, 2.45) is 5.41 Å². The fraction of sp³-hybridized carbons (Fsp3) is 0.472. The number of aliphatic carboxylic acids is 1. The van der Waals surface area contributed by atoms with Crippen molar-refractivity contribution in [2.45, 2.75) is 70.9 Å². The molecule has 1 aromatic heterocycles. The molecule has 0 unspecified atom stereocenters. The van der Waals surface area contributed by atoms with Crippen molar-refractivity contribution >= 4 is 38.7 Å². The van der Waals surface area contributed by atoms with Gasteiger partial charge in [-0.05, 0) is 53.8 Å². The van der Waals surface area contributed by atoms with Crippen LogP contribution in [0.4, 0.5) is 13.6 Å². The molecule has 2 amide bonds. The van der Waals surface area contributed by atoms with E-state index in [1.54, 1.807) is 0 Å². The Hall–Kier alpha value is -3.68. The third-order valence-corrected chi connectivity index (χ3v) is 11.9. The summed E-state index contributed by atoms with van der Waals surface area (Å²) in [5.74, 6) is -2.23. The minimum Gasteiger partial charge on any atom is -0.480 e. The van der Waals surface area contributed by atoms with Crippen molar-refractivity contribution in [1.29, 1.82) is 0 Å². The maximum absolute atomic E-state index is 14.9. The van der Waals surface area contributed by atoms with E-state index in [0.29, 0.717) is 31.6 Å². The van der Waals surface area contributed by atoms with Gasteiger partial charge in [0.1, 0.15) is 17.7 Å². The fourth-order valence-electron chi connectivity index (χ4n) is 5.60. The monoisotopic (exact) mass is 716 g/mol. The second-order valence-corrected chi connectivity index (χ2v) is 19.8. The summed E-state index contributed by atoms with van der Waals surface area (Å²) in [6.45, 7) is 12.5. The number of rotatable bonds is 18. The van der Waals surface area contributed by atoms with Gasteiger partial charge < -0.3 is 25.0 Å². The van der Waals surface area contributed by atoms with Crippen molar-refractivity contribution in [2.75, 3.05) is 32.0 Å². The molecular weight excluding hydrogens is 667 g/mol. The van der Waals surface area contributed by atoms with Gasteiger partial charge in [0.2, 0.25) is 5.91 Å². The molecule has 3 aromatic rings. The lowest BCUT2D eigenvalue weighted by molar-refractivity contribution is -0.138. The first-order valence-electron chi connectivity index (χ1n) is 16.5. The Morgan fingerprint density at radius 2 is 1.71 bits per heavy atom. The number of alkyl carbamates (subject to hydrolysis) is 1. The second kappa shape index (κ2) is 18.3. The third-order valence-electron chi connectivity index (χ3n) is 8.47. The van der Waals surface area contributed by atoms with Gasteiger partial charge in [-0.3, -0.25) is 14.9 Å². The maximum atomic E-state index is 14.9. The van der Waals surface area contributed by atoms with Crippen LogP contribution in [0.1, 0.15) is 44.4 Å². The molecular formula is C36H50F2N4O5SSi. The van der Waals surface area contributed by atoms with Crippen LogP contribution in [-0.4, -0.2) is 73.8 Å². The molecule has 9 nitrogen and oxygen atoms in total. The van der Waals surface area contributed by atoms with Crippen LogP contribution in [0.5, 0.6) is 0 Å². The maximum Gasteiger partial charge on any atom is 0.407 e. The number of carbonyl (C=O) groups excluding carboxylic acids is 2. The van der Waals surface area contributed by atoms with E-state index in [9.17, 15) is 23.2 Å². The lowest BCUT2D eigenvalue weighted by Crippen LogP contribution is -2.44. The topological polar surface area (TPSA) is 122 Å². The predicted molar refractivity (Wildman–Crippen MR) is 195 cm³/mol. The number of nitrogens with one attached hydrogen (secondary N) is 3. The van der Waals surface area contributed by atoms with Crippen LogP contribution in [0.2, 0.25) is 25.2 Å². The average molecular weight is 717 g/mol. The first-order valence-corrected chi connectivity index (χ1v) is 20.6. The van der Waals surface area contributed by atoms with E-state index in [2.05, 4.69) is 79.1 Å². The summed E-state index contributed by atoms with van der Waals surface area (Å²) in [7, 11) is -1.96. The van der Waals surface area contributed by atoms with Crippen LogP contribution in [0, 0.1) is 17.0 Å². The molecule has 0 saturated heterocycles. The molecule has 0 aliphatic heterocycles. The van der Waals surface area contributed by atoms with E-state index in [1.807, 2.05) is 30.5 Å². The zero-order valence-corrected chi connectivity index (χ0v) is 30.9. The molecule has 2 aromatic carbocycles. The van der Waals surface area contributed by atoms with Crippen LogP contribution in [-0.2, 0) is 20.9 Å². The molecule has 268 valence electrons. The van der Waals surface area contributed by atoms with Crippen molar-refractivity contribution in [3.05, 3.63) is 83.7 Å². The van der Waals surface area contributed by atoms with E-state index < -0.39 is 37.8 Å². The molecule has 0 fully saturated rings. The van der Waals surface area contributed by atoms with E-state index in [-0.39, 0.29) is 41.7 Å². The predicted octanol–water partition coefficient (Wildman–Crippen LogP) is 6.52. The number of ether oxygens (including phenoxy) is 1. The molecule has 0 aliphatic carbocycles. The Morgan fingerprint density at radius 1 is 1.02 bits per heavy atom. The Labute approximate surface area is 294 Å². The quantitative estimate of drug-likeness (QED) is 0.0581. The molecule has 4 N–H and O–H groups in total. The number of benzene rings is 2. The summed E-state index contributed by atoms with van der Waals surface area (Å²) >= 11 is 3.95. The first-order chi connectivity index (χ1) is 23.1. The van der Waals surface area contributed by atoms with Gasteiger partial charge in [0.05, 0.1) is 21.2 Å². The van der Waals surface area contributed by atoms with E-state index in [1.165, 1.54) is 6.07 Å². The third kappa shape index (κ3) is 12.9. The van der Waals surface area contributed by atoms with Crippen LogP contribution in [0.25, 0.3) is 11.1 Å². The average Bonchev–Trinajstić information content (AvgIpc) is 3.43.